The van der Waals surface area contributed by atoms with E-state index in [0.29, 0.717) is 34.2 Å². The van der Waals surface area contributed by atoms with Crippen molar-refractivity contribution in [3.05, 3.63) is 99.5 Å². The minimum Gasteiger partial charge on any atom is -0.462 e. The van der Waals surface area contributed by atoms with E-state index in [1.807, 2.05) is 55.5 Å². The molecular weight excluding hydrogens is 482 g/mol. The zero-order valence-corrected chi connectivity index (χ0v) is 19.9. The molecule has 0 amide bonds. The van der Waals surface area contributed by atoms with E-state index in [2.05, 4.69) is 15.9 Å². The number of halogens is 1. The average Bonchev–Trinajstić information content (AvgIpc) is 2.83. The maximum absolute atomic E-state index is 13.3. The van der Waals surface area contributed by atoms with Crippen LogP contribution >= 0.6 is 15.9 Å². The summed E-state index contributed by atoms with van der Waals surface area (Å²) in [5.74, 6) is -0.851. The van der Waals surface area contributed by atoms with Gasteiger partial charge in [-0.1, -0.05) is 58.4 Å². The standard InChI is InChI=1S/C27H22BrNO4/c1-3-32-26(30)20-11-7-8-18(14-20)16-33-27(31)24-17(2)25(19-9-5-4-6-10-19)29-23-13-12-21(28)15-22(23)24/h4-15H,3,16H2,1-2H3. The predicted molar refractivity (Wildman–Crippen MR) is 131 cm³/mol. The van der Waals surface area contributed by atoms with E-state index in [9.17, 15) is 9.59 Å². The van der Waals surface area contributed by atoms with Gasteiger partial charge in [0.1, 0.15) is 6.61 Å². The summed E-state index contributed by atoms with van der Waals surface area (Å²) < 4.78 is 11.6. The molecule has 4 aromatic rings. The molecule has 5 nitrogen and oxygen atoms in total. The molecule has 1 aromatic heterocycles. The number of hydrogen-bond acceptors (Lipinski definition) is 5. The van der Waals surface area contributed by atoms with Crippen molar-refractivity contribution in [3.63, 3.8) is 0 Å². The number of fused-ring (bicyclic) bond motifs is 1. The van der Waals surface area contributed by atoms with Gasteiger partial charge in [-0.15, -0.1) is 0 Å². The van der Waals surface area contributed by atoms with Crippen LogP contribution in [0.4, 0.5) is 0 Å². The monoisotopic (exact) mass is 503 g/mol. The molecule has 0 aliphatic carbocycles. The number of ether oxygens (including phenoxy) is 2. The highest BCUT2D eigenvalue weighted by molar-refractivity contribution is 9.10. The Balaban J connectivity index is 1.69. The summed E-state index contributed by atoms with van der Waals surface area (Å²) in [7, 11) is 0. The Morgan fingerprint density at radius 2 is 1.70 bits per heavy atom. The first kappa shape index (κ1) is 22.7. The Morgan fingerprint density at radius 3 is 2.45 bits per heavy atom. The van der Waals surface area contributed by atoms with E-state index < -0.39 is 11.9 Å². The predicted octanol–water partition coefficient (Wildman–Crippen LogP) is 6.51. The minimum atomic E-state index is -0.447. The molecule has 166 valence electrons. The summed E-state index contributed by atoms with van der Waals surface area (Å²) in [4.78, 5) is 30.1. The number of aromatic nitrogens is 1. The Kier molecular flexibility index (Phi) is 6.84. The largest absolute Gasteiger partial charge is 0.462 e. The van der Waals surface area contributed by atoms with Gasteiger partial charge in [0.15, 0.2) is 0 Å². The fourth-order valence-electron chi connectivity index (χ4n) is 3.69. The van der Waals surface area contributed by atoms with Gasteiger partial charge in [-0.3, -0.25) is 0 Å². The van der Waals surface area contributed by atoms with Crippen LogP contribution in [0.15, 0.2) is 77.3 Å². The Morgan fingerprint density at radius 1 is 0.909 bits per heavy atom. The molecule has 0 atom stereocenters. The molecule has 0 bridgehead atoms. The second-order valence-electron chi connectivity index (χ2n) is 7.48. The van der Waals surface area contributed by atoms with E-state index in [1.54, 1.807) is 31.2 Å². The third kappa shape index (κ3) is 4.96. The van der Waals surface area contributed by atoms with Gasteiger partial charge in [-0.05, 0) is 55.3 Å². The van der Waals surface area contributed by atoms with E-state index in [-0.39, 0.29) is 6.61 Å². The zero-order valence-electron chi connectivity index (χ0n) is 18.3. The number of nitrogens with zero attached hydrogens (tertiary/aromatic N) is 1. The molecule has 0 radical (unpaired) electrons. The zero-order chi connectivity index (χ0) is 23.4. The number of hydrogen-bond donors (Lipinski definition) is 0. The molecule has 4 rings (SSSR count). The van der Waals surface area contributed by atoms with Crippen molar-refractivity contribution < 1.29 is 19.1 Å². The van der Waals surface area contributed by atoms with Gasteiger partial charge in [0.25, 0.3) is 0 Å². The molecule has 0 saturated heterocycles. The molecule has 0 N–H and O–H groups in total. The van der Waals surface area contributed by atoms with Crippen molar-refractivity contribution in [2.24, 2.45) is 0 Å². The summed E-state index contributed by atoms with van der Waals surface area (Å²) in [5, 5.41) is 0.715. The average molecular weight is 504 g/mol. The molecule has 0 aliphatic heterocycles. The second kappa shape index (κ2) is 9.96. The molecular formula is C27H22BrNO4. The van der Waals surface area contributed by atoms with E-state index in [1.165, 1.54) is 0 Å². The molecule has 0 aliphatic rings. The number of rotatable bonds is 6. The van der Waals surface area contributed by atoms with Crippen LogP contribution < -0.4 is 0 Å². The number of carbonyl (C=O) groups is 2. The van der Waals surface area contributed by atoms with Gasteiger partial charge in [-0.25, -0.2) is 14.6 Å². The topological polar surface area (TPSA) is 65.5 Å². The van der Waals surface area contributed by atoms with Crippen molar-refractivity contribution in [3.8, 4) is 11.3 Å². The molecule has 0 fully saturated rings. The fourth-order valence-corrected chi connectivity index (χ4v) is 4.06. The van der Waals surface area contributed by atoms with Crippen LogP contribution in [0.3, 0.4) is 0 Å². The number of pyridine rings is 1. The van der Waals surface area contributed by atoms with Crippen molar-refractivity contribution in [2.45, 2.75) is 20.5 Å². The van der Waals surface area contributed by atoms with E-state index in [4.69, 9.17) is 14.5 Å². The highest BCUT2D eigenvalue weighted by Crippen LogP contribution is 2.32. The molecule has 0 spiro atoms. The van der Waals surface area contributed by atoms with Crippen molar-refractivity contribution in [1.29, 1.82) is 0 Å². The highest BCUT2D eigenvalue weighted by Gasteiger charge is 2.21. The van der Waals surface area contributed by atoms with E-state index >= 15 is 0 Å². The fraction of sp³-hybridized carbons (Fsp3) is 0.148. The maximum atomic E-state index is 13.3. The molecule has 1 heterocycles. The number of carbonyl (C=O) groups excluding carboxylic acids is 2. The van der Waals surface area contributed by atoms with Crippen LogP contribution in [0.2, 0.25) is 0 Å². The third-order valence-corrected chi connectivity index (χ3v) is 5.74. The third-order valence-electron chi connectivity index (χ3n) is 5.25. The van der Waals surface area contributed by atoms with Gasteiger partial charge in [0.05, 0.1) is 28.9 Å². The van der Waals surface area contributed by atoms with Gasteiger partial charge in [0, 0.05) is 15.4 Å². The van der Waals surface area contributed by atoms with Gasteiger partial charge >= 0.3 is 11.9 Å². The summed E-state index contributed by atoms with van der Waals surface area (Å²) >= 11 is 3.49. The van der Waals surface area contributed by atoms with Crippen molar-refractivity contribution >= 4 is 38.8 Å². The SMILES string of the molecule is CCOC(=O)c1cccc(COC(=O)c2c(C)c(-c3ccccc3)nc3ccc(Br)cc23)c1. The summed E-state index contributed by atoms with van der Waals surface area (Å²) in [6, 6.07) is 22.3. The Bertz CT molecular complexity index is 1340. The van der Waals surface area contributed by atoms with Crippen LogP contribution in [-0.4, -0.2) is 23.5 Å². The highest BCUT2D eigenvalue weighted by atomic mass is 79.9. The smallest absolute Gasteiger partial charge is 0.339 e. The van der Waals surface area contributed by atoms with Crippen molar-refractivity contribution in [2.75, 3.05) is 6.61 Å². The minimum absolute atomic E-state index is 0.0318. The van der Waals surface area contributed by atoms with Crippen LogP contribution in [0.5, 0.6) is 0 Å². The molecule has 0 saturated carbocycles. The summed E-state index contributed by atoms with van der Waals surface area (Å²) in [5.41, 5.74) is 4.72. The number of esters is 2. The quantitative estimate of drug-likeness (QED) is 0.280. The first-order valence-electron chi connectivity index (χ1n) is 10.6. The Labute approximate surface area is 200 Å². The molecule has 33 heavy (non-hydrogen) atoms. The normalized spacial score (nSPS) is 10.8. The summed E-state index contributed by atoms with van der Waals surface area (Å²) in [6.07, 6.45) is 0. The Hall–Kier alpha value is -3.51. The lowest BCUT2D eigenvalue weighted by Crippen LogP contribution is -2.11. The number of benzene rings is 3. The lowest BCUT2D eigenvalue weighted by molar-refractivity contribution is 0.0474. The lowest BCUT2D eigenvalue weighted by Gasteiger charge is -2.15. The van der Waals surface area contributed by atoms with Crippen LogP contribution in [0.1, 0.15) is 38.8 Å². The molecule has 6 heteroatoms. The van der Waals surface area contributed by atoms with Gasteiger partial charge in [-0.2, -0.15) is 0 Å². The molecule has 3 aromatic carbocycles. The lowest BCUT2D eigenvalue weighted by atomic mass is 9.98. The van der Waals surface area contributed by atoms with Crippen LogP contribution in [0, 0.1) is 6.92 Å². The van der Waals surface area contributed by atoms with Gasteiger partial charge < -0.3 is 9.47 Å². The summed E-state index contributed by atoms with van der Waals surface area (Å²) in [6.45, 7) is 3.97. The second-order valence-corrected chi connectivity index (χ2v) is 8.40. The van der Waals surface area contributed by atoms with Crippen LogP contribution in [0.25, 0.3) is 22.2 Å². The molecule has 0 unspecified atom stereocenters. The van der Waals surface area contributed by atoms with Crippen molar-refractivity contribution in [1.82, 2.24) is 4.98 Å². The van der Waals surface area contributed by atoms with E-state index in [0.717, 1.165) is 21.3 Å². The maximum Gasteiger partial charge on any atom is 0.339 e. The van der Waals surface area contributed by atoms with Gasteiger partial charge in [0.2, 0.25) is 0 Å². The first-order chi connectivity index (χ1) is 16.0. The van der Waals surface area contributed by atoms with Crippen LogP contribution in [-0.2, 0) is 16.1 Å². The first-order valence-corrected chi connectivity index (χ1v) is 11.4.